The van der Waals surface area contributed by atoms with E-state index in [0.717, 1.165) is 11.3 Å². The van der Waals surface area contributed by atoms with E-state index in [1.165, 1.54) is 0 Å². The van der Waals surface area contributed by atoms with Gasteiger partial charge in [0, 0.05) is 0 Å². The molecule has 0 fully saturated rings. The second-order valence-electron chi connectivity index (χ2n) is 3.19. The summed E-state index contributed by atoms with van der Waals surface area (Å²) in [6.45, 7) is 2.51. The molecule has 0 aliphatic rings. The minimum Gasteiger partial charge on any atom is -0.490 e. The minimum absolute atomic E-state index is 0.140. The normalized spacial score (nSPS) is 10.9. The quantitative estimate of drug-likeness (QED) is 0.361. The molecule has 0 aliphatic carbocycles. The molecular weight excluding hydrogens is 234 g/mol. The number of rotatable bonds is 5. The van der Waals surface area contributed by atoms with Crippen molar-refractivity contribution in [3.63, 3.8) is 0 Å². The molecule has 0 aromatic heterocycles. The molecule has 4 nitrogen and oxygen atoms in total. The first-order valence-corrected chi connectivity index (χ1v) is 5.55. The largest absolute Gasteiger partial charge is 0.490 e. The van der Waals surface area contributed by atoms with E-state index in [4.69, 9.17) is 10.5 Å². The van der Waals surface area contributed by atoms with Gasteiger partial charge in [0.2, 0.25) is 0 Å². The van der Waals surface area contributed by atoms with Crippen LogP contribution >= 0.6 is 12.2 Å². The molecule has 0 saturated carbocycles. The van der Waals surface area contributed by atoms with Crippen LogP contribution in [0.4, 0.5) is 0 Å². The summed E-state index contributed by atoms with van der Waals surface area (Å²) in [7, 11) is 0. The van der Waals surface area contributed by atoms with E-state index in [2.05, 4.69) is 22.7 Å². The van der Waals surface area contributed by atoms with E-state index in [0.29, 0.717) is 6.61 Å². The van der Waals surface area contributed by atoms with Crippen molar-refractivity contribution >= 4 is 23.5 Å². The van der Waals surface area contributed by atoms with Crippen molar-refractivity contribution in [2.24, 2.45) is 10.8 Å². The molecule has 0 amide bonds. The highest BCUT2D eigenvalue weighted by Crippen LogP contribution is 2.11. The molecule has 90 valence electrons. The molecule has 1 rings (SSSR count). The topological polar surface area (TPSA) is 59.6 Å². The molecule has 0 unspecified atom stereocenters. The first-order chi connectivity index (χ1) is 8.22. The van der Waals surface area contributed by atoms with Gasteiger partial charge >= 0.3 is 0 Å². The Hall–Kier alpha value is -1.88. The number of nitrogens with two attached hydrogens (primary N) is 1. The molecule has 0 heterocycles. The molecular formula is C12H15N3OS. The molecule has 3 N–H and O–H groups in total. The van der Waals surface area contributed by atoms with Crippen molar-refractivity contribution in [1.29, 1.82) is 0 Å². The Morgan fingerprint density at radius 1 is 1.59 bits per heavy atom. The third-order valence-corrected chi connectivity index (χ3v) is 1.92. The molecule has 1 aromatic carbocycles. The Morgan fingerprint density at radius 3 is 3.12 bits per heavy atom. The van der Waals surface area contributed by atoms with Crippen LogP contribution < -0.4 is 15.9 Å². The zero-order chi connectivity index (χ0) is 12.5. The van der Waals surface area contributed by atoms with Gasteiger partial charge in [-0.3, -0.25) is 5.43 Å². The van der Waals surface area contributed by atoms with Crippen LogP contribution in [-0.4, -0.2) is 17.9 Å². The van der Waals surface area contributed by atoms with Gasteiger partial charge in [0.1, 0.15) is 12.4 Å². The number of thiocarbonyl (C=S) groups is 1. The summed E-state index contributed by atoms with van der Waals surface area (Å²) in [5.74, 6) is 0.794. The first kappa shape index (κ1) is 13.2. The van der Waals surface area contributed by atoms with Gasteiger partial charge in [0.05, 0.1) is 6.21 Å². The Morgan fingerprint density at radius 2 is 2.41 bits per heavy atom. The van der Waals surface area contributed by atoms with Crippen LogP contribution in [0.1, 0.15) is 12.5 Å². The zero-order valence-electron chi connectivity index (χ0n) is 9.59. The Labute approximate surface area is 106 Å². The smallest absolute Gasteiger partial charge is 0.184 e. The third kappa shape index (κ3) is 5.67. The summed E-state index contributed by atoms with van der Waals surface area (Å²) >= 11 is 4.63. The maximum atomic E-state index is 5.50. The van der Waals surface area contributed by atoms with Crippen LogP contribution in [0, 0.1) is 0 Å². The predicted molar refractivity (Wildman–Crippen MR) is 74.3 cm³/mol. The SMILES string of the molecule is CC=CCOc1cccc(C=NNC(N)=S)c1. The second-order valence-corrected chi connectivity index (χ2v) is 3.63. The average molecular weight is 249 g/mol. The van der Waals surface area contributed by atoms with E-state index in [-0.39, 0.29) is 5.11 Å². The van der Waals surface area contributed by atoms with Gasteiger partial charge in [-0.05, 0) is 36.8 Å². The fourth-order valence-electron chi connectivity index (χ4n) is 1.10. The van der Waals surface area contributed by atoms with E-state index >= 15 is 0 Å². The molecule has 0 bridgehead atoms. The molecule has 17 heavy (non-hydrogen) atoms. The molecule has 0 atom stereocenters. The van der Waals surface area contributed by atoms with Crippen molar-refractivity contribution in [3.05, 3.63) is 42.0 Å². The molecule has 1 aromatic rings. The average Bonchev–Trinajstić information content (AvgIpc) is 2.29. The van der Waals surface area contributed by atoms with E-state index in [9.17, 15) is 0 Å². The number of allylic oxidation sites excluding steroid dienone is 1. The Balaban J connectivity index is 2.59. The highest BCUT2D eigenvalue weighted by molar-refractivity contribution is 7.80. The number of ether oxygens (including phenoxy) is 1. The number of nitrogens with one attached hydrogen (secondary N) is 1. The number of hydrazone groups is 1. The molecule has 0 radical (unpaired) electrons. The summed E-state index contributed by atoms with van der Waals surface area (Å²) < 4.78 is 5.50. The van der Waals surface area contributed by atoms with Crippen LogP contribution in [0.5, 0.6) is 5.75 Å². The molecule has 5 heteroatoms. The van der Waals surface area contributed by atoms with Crippen molar-refractivity contribution < 1.29 is 4.74 Å². The van der Waals surface area contributed by atoms with Crippen LogP contribution in [0.2, 0.25) is 0 Å². The van der Waals surface area contributed by atoms with Gasteiger partial charge in [-0.15, -0.1) is 0 Å². The summed E-state index contributed by atoms with van der Waals surface area (Å²) in [6.07, 6.45) is 5.51. The van der Waals surface area contributed by atoms with E-state index in [1.807, 2.05) is 43.3 Å². The number of hydrogen-bond donors (Lipinski definition) is 2. The van der Waals surface area contributed by atoms with Crippen LogP contribution in [-0.2, 0) is 0 Å². The molecule has 0 spiro atoms. The fraction of sp³-hybridized carbons (Fsp3) is 0.167. The van der Waals surface area contributed by atoms with Crippen LogP contribution in [0.3, 0.4) is 0 Å². The van der Waals surface area contributed by atoms with Crippen LogP contribution in [0.25, 0.3) is 0 Å². The maximum Gasteiger partial charge on any atom is 0.184 e. The number of nitrogens with zero attached hydrogens (tertiary/aromatic N) is 1. The number of benzene rings is 1. The van der Waals surface area contributed by atoms with Crippen molar-refractivity contribution in [2.75, 3.05) is 6.61 Å². The Bertz CT molecular complexity index is 430. The van der Waals surface area contributed by atoms with E-state index < -0.39 is 0 Å². The Kier molecular flexibility index (Phi) is 5.74. The lowest BCUT2D eigenvalue weighted by atomic mass is 10.2. The standard InChI is InChI=1S/C12H15N3OS/c1-2-3-7-16-11-6-4-5-10(8-11)9-14-15-12(13)17/h2-6,8-9H,7H2,1H3,(H3,13,15,17). The summed E-state index contributed by atoms with van der Waals surface area (Å²) in [5, 5.41) is 4.01. The van der Waals surface area contributed by atoms with Gasteiger partial charge in [-0.2, -0.15) is 5.10 Å². The fourth-order valence-corrected chi connectivity index (χ4v) is 1.15. The summed E-state index contributed by atoms with van der Waals surface area (Å²) in [6, 6.07) is 7.58. The molecule has 0 aliphatic heterocycles. The number of hydrogen-bond acceptors (Lipinski definition) is 3. The first-order valence-electron chi connectivity index (χ1n) is 5.15. The monoisotopic (exact) mass is 249 g/mol. The maximum absolute atomic E-state index is 5.50. The third-order valence-electron chi connectivity index (χ3n) is 1.83. The summed E-state index contributed by atoms with van der Waals surface area (Å²) in [4.78, 5) is 0. The highest BCUT2D eigenvalue weighted by atomic mass is 32.1. The van der Waals surface area contributed by atoms with Gasteiger partial charge in [-0.25, -0.2) is 0 Å². The molecule has 0 saturated heterocycles. The van der Waals surface area contributed by atoms with Crippen molar-refractivity contribution in [1.82, 2.24) is 5.43 Å². The van der Waals surface area contributed by atoms with Crippen molar-refractivity contribution in [2.45, 2.75) is 6.92 Å². The van der Waals surface area contributed by atoms with Gasteiger partial charge in [-0.1, -0.05) is 24.3 Å². The van der Waals surface area contributed by atoms with Gasteiger partial charge < -0.3 is 10.5 Å². The second kappa shape index (κ2) is 7.40. The van der Waals surface area contributed by atoms with Gasteiger partial charge in [0.25, 0.3) is 0 Å². The lowest BCUT2D eigenvalue weighted by Gasteiger charge is -2.03. The van der Waals surface area contributed by atoms with Gasteiger partial charge in [0.15, 0.2) is 5.11 Å². The predicted octanol–water partition coefficient (Wildman–Crippen LogP) is 1.81. The zero-order valence-corrected chi connectivity index (χ0v) is 10.4. The minimum atomic E-state index is 0.140. The lowest BCUT2D eigenvalue weighted by Crippen LogP contribution is -2.23. The highest BCUT2D eigenvalue weighted by Gasteiger charge is 1.93. The van der Waals surface area contributed by atoms with Crippen molar-refractivity contribution in [3.8, 4) is 5.75 Å². The van der Waals surface area contributed by atoms with E-state index in [1.54, 1.807) is 6.21 Å². The summed E-state index contributed by atoms with van der Waals surface area (Å²) in [5.41, 5.74) is 8.64. The van der Waals surface area contributed by atoms with Crippen LogP contribution in [0.15, 0.2) is 41.5 Å². The lowest BCUT2D eigenvalue weighted by molar-refractivity contribution is 0.362.